The molecule has 0 bridgehead atoms. The van der Waals surface area contributed by atoms with Crippen LogP contribution in [0.25, 0.3) is 0 Å². The number of likely N-dealkylation sites (tertiary alicyclic amines) is 1. The van der Waals surface area contributed by atoms with Gasteiger partial charge in [0.2, 0.25) is 0 Å². The maximum absolute atomic E-state index is 10.2. The van der Waals surface area contributed by atoms with Crippen LogP contribution in [0.5, 0.6) is 0 Å². The summed E-state index contributed by atoms with van der Waals surface area (Å²) >= 11 is 0. The second kappa shape index (κ2) is 12.3. The number of unbranched alkanes of at least 4 members (excludes halogenated alkanes) is 1. The zero-order valence-electron chi connectivity index (χ0n) is 16.6. The zero-order chi connectivity index (χ0) is 17.9. The van der Waals surface area contributed by atoms with E-state index in [4.69, 9.17) is 0 Å². The maximum Gasteiger partial charge on any atom is 0.103 e. The second-order valence-corrected chi connectivity index (χ2v) is 8.93. The Morgan fingerprint density at radius 2 is 1.48 bits per heavy atom. The average molecular weight is 357 g/mol. The molecule has 0 saturated carbocycles. The van der Waals surface area contributed by atoms with Crippen LogP contribution in [0, 0.1) is 11.8 Å². The summed E-state index contributed by atoms with van der Waals surface area (Å²) in [6.45, 7) is 8.00. The van der Waals surface area contributed by atoms with Gasteiger partial charge in [-0.15, -0.1) is 0 Å². The van der Waals surface area contributed by atoms with Gasteiger partial charge in [0, 0.05) is 0 Å². The van der Waals surface area contributed by atoms with Gasteiger partial charge >= 0.3 is 0 Å². The summed E-state index contributed by atoms with van der Waals surface area (Å²) in [6.07, 6.45) is 13.5. The molecule has 0 aromatic rings. The monoisotopic (exact) mass is 356 g/mol. The summed E-state index contributed by atoms with van der Waals surface area (Å²) < 4.78 is 0. The van der Waals surface area contributed by atoms with Crippen LogP contribution in [0.15, 0.2) is 0 Å². The van der Waals surface area contributed by atoms with Gasteiger partial charge < -0.3 is 20.4 Å². The van der Waals surface area contributed by atoms with Gasteiger partial charge in [-0.2, -0.15) is 0 Å². The minimum Gasteiger partial charge on any atom is -0.393 e. The van der Waals surface area contributed by atoms with E-state index in [2.05, 4.69) is 5.32 Å². The van der Waals surface area contributed by atoms with E-state index in [0.717, 1.165) is 44.1 Å². The lowest BCUT2D eigenvalue weighted by atomic mass is 9.87. The summed E-state index contributed by atoms with van der Waals surface area (Å²) in [4.78, 5) is 1.61. The molecule has 0 radical (unpaired) electrons. The molecule has 0 spiro atoms. The third kappa shape index (κ3) is 9.37. The molecule has 25 heavy (non-hydrogen) atoms. The highest BCUT2D eigenvalue weighted by Crippen LogP contribution is 2.22. The summed E-state index contributed by atoms with van der Waals surface area (Å²) in [5.41, 5.74) is 0. The molecular formula is C21H44N2O2+2. The molecule has 2 saturated heterocycles. The predicted molar refractivity (Wildman–Crippen MR) is 103 cm³/mol. The molecule has 5 N–H and O–H groups in total. The van der Waals surface area contributed by atoms with Crippen molar-refractivity contribution in [2.75, 3.05) is 32.7 Å². The van der Waals surface area contributed by atoms with E-state index < -0.39 is 0 Å². The Morgan fingerprint density at radius 1 is 0.880 bits per heavy atom. The molecule has 2 aliphatic rings. The standard InChI is InChI=1S/C21H42N2O2/c1-18(24)5-2-3-8-21(25)17-23-15-11-20(12-16-23)7-4-6-19-9-13-22-14-10-19/h18-22,24-25H,2-17H2,1H3/p+2. The Morgan fingerprint density at radius 3 is 2.12 bits per heavy atom. The molecule has 4 heteroatoms. The first-order valence-corrected chi connectivity index (χ1v) is 11.1. The summed E-state index contributed by atoms with van der Waals surface area (Å²) in [7, 11) is 0. The van der Waals surface area contributed by atoms with Crippen molar-refractivity contribution in [1.82, 2.24) is 0 Å². The first-order chi connectivity index (χ1) is 12.1. The number of aliphatic hydroxyl groups excluding tert-OH is 2. The molecule has 2 rings (SSSR count). The largest absolute Gasteiger partial charge is 0.393 e. The molecule has 148 valence electrons. The van der Waals surface area contributed by atoms with Crippen LogP contribution in [0.1, 0.15) is 77.6 Å². The number of hydrogen-bond donors (Lipinski definition) is 4. The normalized spacial score (nSPS) is 28.0. The third-order valence-electron chi connectivity index (χ3n) is 6.53. The Hall–Kier alpha value is -0.160. The highest BCUT2D eigenvalue weighted by atomic mass is 16.3. The maximum atomic E-state index is 10.2. The fourth-order valence-corrected chi connectivity index (χ4v) is 4.81. The minimum atomic E-state index is -0.196. The van der Waals surface area contributed by atoms with E-state index in [-0.39, 0.29) is 12.2 Å². The van der Waals surface area contributed by atoms with Crippen LogP contribution in [-0.2, 0) is 0 Å². The minimum absolute atomic E-state index is 0.149. The molecule has 0 aromatic carbocycles. The van der Waals surface area contributed by atoms with E-state index in [1.165, 1.54) is 71.1 Å². The van der Waals surface area contributed by atoms with Crippen molar-refractivity contribution in [3.63, 3.8) is 0 Å². The fourth-order valence-electron chi connectivity index (χ4n) is 4.81. The van der Waals surface area contributed by atoms with Crippen molar-refractivity contribution in [3.05, 3.63) is 0 Å². The van der Waals surface area contributed by atoms with Crippen LogP contribution in [0.2, 0.25) is 0 Å². The fraction of sp³-hybridized carbons (Fsp3) is 1.00. The number of hydrogen-bond acceptors (Lipinski definition) is 2. The zero-order valence-corrected chi connectivity index (χ0v) is 16.6. The van der Waals surface area contributed by atoms with Crippen LogP contribution in [-0.4, -0.2) is 55.1 Å². The SMILES string of the molecule is CC(O)CCCCC(O)C[NH+]1CCC(CCCC2CC[NH2+]CC2)CC1. The van der Waals surface area contributed by atoms with Crippen molar-refractivity contribution in [1.29, 1.82) is 0 Å². The lowest BCUT2D eigenvalue weighted by molar-refractivity contribution is -0.909. The quantitative estimate of drug-likeness (QED) is 0.413. The molecule has 2 fully saturated rings. The van der Waals surface area contributed by atoms with Crippen molar-refractivity contribution in [3.8, 4) is 0 Å². The first-order valence-electron chi connectivity index (χ1n) is 11.1. The van der Waals surface area contributed by atoms with Gasteiger partial charge in [-0.3, -0.25) is 0 Å². The van der Waals surface area contributed by atoms with E-state index in [1.807, 2.05) is 6.92 Å². The number of nitrogens with two attached hydrogens (primary N) is 1. The smallest absolute Gasteiger partial charge is 0.103 e. The van der Waals surface area contributed by atoms with E-state index in [1.54, 1.807) is 4.90 Å². The van der Waals surface area contributed by atoms with Crippen molar-refractivity contribution < 1.29 is 20.4 Å². The van der Waals surface area contributed by atoms with Crippen molar-refractivity contribution in [2.45, 2.75) is 89.8 Å². The Kier molecular flexibility index (Phi) is 10.4. The molecule has 2 unspecified atom stereocenters. The highest BCUT2D eigenvalue weighted by Gasteiger charge is 2.24. The Balaban J connectivity index is 1.47. The van der Waals surface area contributed by atoms with Gasteiger partial charge in [-0.25, -0.2) is 0 Å². The van der Waals surface area contributed by atoms with Gasteiger partial charge in [-0.05, 0) is 57.3 Å². The summed E-state index contributed by atoms with van der Waals surface area (Å²) in [5.74, 6) is 1.96. The molecular weight excluding hydrogens is 312 g/mol. The Labute approximate surface area is 155 Å². The first kappa shape index (κ1) is 21.1. The van der Waals surface area contributed by atoms with Gasteiger partial charge in [0.25, 0.3) is 0 Å². The van der Waals surface area contributed by atoms with Gasteiger partial charge in [0.15, 0.2) is 0 Å². The lowest BCUT2D eigenvalue weighted by Gasteiger charge is -2.31. The molecule has 0 amide bonds. The van der Waals surface area contributed by atoms with Gasteiger partial charge in [0.1, 0.15) is 12.6 Å². The van der Waals surface area contributed by atoms with Gasteiger partial charge in [-0.1, -0.05) is 32.1 Å². The van der Waals surface area contributed by atoms with E-state index in [9.17, 15) is 10.2 Å². The van der Waals surface area contributed by atoms with Crippen LogP contribution < -0.4 is 10.2 Å². The number of nitrogens with one attached hydrogen (secondary N) is 1. The summed E-state index contributed by atoms with van der Waals surface area (Å²) in [5, 5.41) is 22.0. The molecule has 2 heterocycles. The topological polar surface area (TPSA) is 61.5 Å². The molecule has 4 nitrogen and oxygen atoms in total. The molecule has 2 atom stereocenters. The number of aliphatic hydroxyl groups is 2. The highest BCUT2D eigenvalue weighted by molar-refractivity contribution is 4.67. The molecule has 0 aromatic heterocycles. The van der Waals surface area contributed by atoms with Crippen LogP contribution in [0.3, 0.4) is 0 Å². The van der Waals surface area contributed by atoms with Gasteiger partial charge in [0.05, 0.1) is 32.3 Å². The van der Waals surface area contributed by atoms with Crippen LogP contribution in [0.4, 0.5) is 0 Å². The molecule has 2 aliphatic heterocycles. The number of rotatable bonds is 11. The van der Waals surface area contributed by atoms with Crippen molar-refractivity contribution >= 4 is 0 Å². The third-order valence-corrected chi connectivity index (χ3v) is 6.53. The van der Waals surface area contributed by atoms with Crippen molar-refractivity contribution in [2.24, 2.45) is 11.8 Å². The van der Waals surface area contributed by atoms with E-state index >= 15 is 0 Å². The average Bonchev–Trinajstić information content (AvgIpc) is 2.61. The predicted octanol–water partition coefficient (Wildman–Crippen LogP) is 0.727. The Bertz CT molecular complexity index is 324. The lowest BCUT2D eigenvalue weighted by Crippen LogP contribution is -3.14. The van der Waals surface area contributed by atoms with E-state index in [0.29, 0.717) is 0 Å². The second-order valence-electron chi connectivity index (χ2n) is 8.93. The molecule has 0 aliphatic carbocycles. The number of piperidine rings is 2. The van der Waals surface area contributed by atoms with Crippen LogP contribution >= 0.6 is 0 Å². The number of quaternary nitrogens is 2. The summed E-state index contributed by atoms with van der Waals surface area (Å²) in [6, 6.07) is 0.